The first-order valence-corrected chi connectivity index (χ1v) is 4.73. The Hall–Kier alpha value is -1.26. The van der Waals surface area contributed by atoms with Crippen molar-refractivity contribution in [1.82, 2.24) is 0 Å². The number of esters is 1. The van der Waals surface area contributed by atoms with E-state index in [1.165, 1.54) is 19.2 Å². The van der Waals surface area contributed by atoms with Gasteiger partial charge in [-0.3, -0.25) is 4.79 Å². The highest BCUT2D eigenvalue weighted by atomic mass is 35.5. The highest BCUT2D eigenvalue weighted by molar-refractivity contribution is 6.32. The van der Waals surface area contributed by atoms with E-state index in [0.29, 0.717) is 5.56 Å². The van der Waals surface area contributed by atoms with Crippen LogP contribution in [0.1, 0.15) is 18.0 Å². The minimum atomic E-state index is -0.476. The predicted molar refractivity (Wildman–Crippen MR) is 56.7 cm³/mol. The molecule has 1 aromatic carbocycles. The minimum absolute atomic E-state index is 0.00863. The number of benzene rings is 1. The van der Waals surface area contributed by atoms with Gasteiger partial charge >= 0.3 is 5.97 Å². The zero-order valence-electron chi connectivity index (χ0n) is 8.24. The van der Waals surface area contributed by atoms with Crippen LogP contribution in [0.5, 0.6) is 5.75 Å². The maximum absolute atomic E-state index is 11.0. The summed E-state index contributed by atoms with van der Waals surface area (Å²) in [6, 6.07) is 4.12. The molecule has 0 fully saturated rings. The van der Waals surface area contributed by atoms with Crippen molar-refractivity contribution in [3.63, 3.8) is 0 Å². The number of rotatable bonds is 3. The van der Waals surface area contributed by atoms with E-state index in [1.54, 1.807) is 6.07 Å². The summed E-state index contributed by atoms with van der Waals surface area (Å²) >= 11 is 5.71. The fraction of sp³-hybridized carbons (Fsp3) is 0.300. The van der Waals surface area contributed by atoms with Crippen molar-refractivity contribution in [2.75, 3.05) is 7.11 Å². The number of aromatic hydroxyl groups is 1. The van der Waals surface area contributed by atoms with Gasteiger partial charge in [-0.1, -0.05) is 17.7 Å². The molecule has 1 rings (SSSR count). The molecule has 0 radical (unpaired) electrons. The third-order valence-electron chi connectivity index (χ3n) is 2.01. The average Bonchev–Trinajstić information content (AvgIpc) is 2.21. The molecule has 0 heterocycles. The molecule has 4 nitrogen and oxygen atoms in total. The summed E-state index contributed by atoms with van der Waals surface area (Å²) < 4.78 is 4.50. The summed E-state index contributed by atoms with van der Waals surface area (Å²) in [5.74, 6) is -0.391. The van der Waals surface area contributed by atoms with E-state index in [2.05, 4.69) is 4.74 Å². The van der Waals surface area contributed by atoms with Crippen LogP contribution in [0.2, 0.25) is 5.02 Å². The van der Waals surface area contributed by atoms with Crippen LogP contribution in [0, 0.1) is 0 Å². The van der Waals surface area contributed by atoms with Gasteiger partial charge in [0.15, 0.2) is 0 Å². The normalized spacial score (nSPS) is 12.2. The molecule has 5 heteroatoms. The van der Waals surface area contributed by atoms with Gasteiger partial charge < -0.3 is 15.6 Å². The Labute approximate surface area is 92.6 Å². The lowest BCUT2D eigenvalue weighted by molar-refractivity contribution is -0.141. The second-order valence-corrected chi connectivity index (χ2v) is 3.50. The number of halogens is 1. The maximum Gasteiger partial charge on any atom is 0.307 e. The Balaban J connectivity index is 2.78. The van der Waals surface area contributed by atoms with Gasteiger partial charge in [0.1, 0.15) is 5.75 Å². The fourth-order valence-electron chi connectivity index (χ4n) is 1.13. The lowest BCUT2D eigenvalue weighted by atomic mass is 10.0. The third-order valence-corrected chi connectivity index (χ3v) is 2.32. The van der Waals surface area contributed by atoms with E-state index < -0.39 is 6.04 Å². The number of phenolic OH excluding ortho intramolecular Hbond substituents is 1. The third kappa shape index (κ3) is 3.11. The van der Waals surface area contributed by atoms with Crippen LogP contribution in [-0.2, 0) is 9.53 Å². The number of ether oxygens (including phenoxy) is 1. The average molecular weight is 230 g/mol. The van der Waals surface area contributed by atoms with Gasteiger partial charge in [0, 0.05) is 6.04 Å². The van der Waals surface area contributed by atoms with Crippen molar-refractivity contribution >= 4 is 17.6 Å². The first kappa shape index (κ1) is 11.8. The molecule has 3 N–H and O–H groups in total. The molecule has 0 aromatic heterocycles. The van der Waals surface area contributed by atoms with E-state index in [9.17, 15) is 9.90 Å². The van der Waals surface area contributed by atoms with Crippen molar-refractivity contribution in [2.45, 2.75) is 12.5 Å². The van der Waals surface area contributed by atoms with Gasteiger partial charge in [0.05, 0.1) is 18.6 Å². The minimum Gasteiger partial charge on any atom is -0.506 e. The van der Waals surface area contributed by atoms with Gasteiger partial charge in [-0.2, -0.15) is 0 Å². The molecule has 0 aliphatic heterocycles. The number of methoxy groups -OCH3 is 1. The molecule has 0 aliphatic rings. The van der Waals surface area contributed by atoms with Crippen molar-refractivity contribution in [2.24, 2.45) is 5.73 Å². The van der Waals surface area contributed by atoms with Crippen LogP contribution in [0.25, 0.3) is 0 Å². The van der Waals surface area contributed by atoms with Gasteiger partial charge in [0.2, 0.25) is 0 Å². The monoisotopic (exact) mass is 229 g/mol. The quantitative estimate of drug-likeness (QED) is 0.773. The summed E-state index contributed by atoms with van der Waals surface area (Å²) in [6.07, 6.45) is 0.0810. The van der Waals surface area contributed by atoms with Gasteiger partial charge in [-0.25, -0.2) is 0 Å². The second-order valence-electron chi connectivity index (χ2n) is 3.10. The molecule has 82 valence electrons. The van der Waals surface area contributed by atoms with Crippen LogP contribution >= 0.6 is 11.6 Å². The smallest absolute Gasteiger partial charge is 0.307 e. The van der Waals surface area contributed by atoms with Crippen LogP contribution in [0.15, 0.2) is 18.2 Å². The largest absolute Gasteiger partial charge is 0.506 e. The van der Waals surface area contributed by atoms with Crippen molar-refractivity contribution in [3.8, 4) is 5.75 Å². The Morgan fingerprint density at radius 3 is 2.87 bits per heavy atom. The van der Waals surface area contributed by atoms with Crippen molar-refractivity contribution in [1.29, 1.82) is 0 Å². The van der Waals surface area contributed by atoms with Crippen LogP contribution in [-0.4, -0.2) is 18.2 Å². The molecular weight excluding hydrogens is 218 g/mol. The number of phenols is 1. The standard InChI is InChI=1S/C10H12ClNO3/c1-15-10(14)5-8(12)6-2-3-9(13)7(11)4-6/h2-4,8,13H,5,12H2,1H3/t8-/m1/s1. The van der Waals surface area contributed by atoms with Crippen LogP contribution < -0.4 is 5.73 Å². The highest BCUT2D eigenvalue weighted by Gasteiger charge is 2.13. The predicted octanol–water partition coefficient (Wildman–Crippen LogP) is 1.61. The Morgan fingerprint density at radius 1 is 1.67 bits per heavy atom. The molecule has 1 atom stereocenters. The van der Waals surface area contributed by atoms with Gasteiger partial charge in [-0.15, -0.1) is 0 Å². The summed E-state index contributed by atoms with van der Waals surface area (Å²) in [5.41, 5.74) is 6.43. The molecule has 1 aromatic rings. The summed E-state index contributed by atoms with van der Waals surface area (Å²) in [4.78, 5) is 11.0. The molecular formula is C10H12ClNO3. The maximum atomic E-state index is 11.0. The zero-order chi connectivity index (χ0) is 11.4. The fourth-order valence-corrected chi connectivity index (χ4v) is 1.32. The van der Waals surface area contributed by atoms with E-state index in [1.807, 2.05) is 0 Å². The molecule has 0 bridgehead atoms. The number of nitrogens with two attached hydrogens (primary N) is 1. The van der Waals surface area contributed by atoms with Crippen molar-refractivity contribution < 1.29 is 14.6 Å². The molecule has 15 heavy (non-hydrogen) atoms. The summed E-state index contributed by atoms with van der Waals surface area (Å²) in [6.45, 7) is 0. The summed E-state index contributed by atoms with van der Waals surface area (Å²) in [7, 11) is 1.30. The Bertz CT molecular complexity index is 368. The van der Waals surface area contributed by atoms with Gasteiger partial charge in [-0.05, 0) is 17.7 Å². The van der Waals surface area contributed by atoms with Gasteiger partial charge in [0.25, 0.3) is 0 Å². The molecule has 0 saturated carbocycles. The number of hydrogen-bond acceptors (Lipinski definition) is 4. The first-order chi connectivity index (χ1) is 7.04. The van der Waals surface area contributed by atoms with E-state index in [4.69, 9.17) is 17.3 Å². The number of carbonyl (C=O) groups is 1. The first-order valence-electron chi connectivity index (χ1n) is 4.35. The lowest BCUT2D eigenvalue weighted by Gasteiger charge is -2.11. The lowest BCUT2D eigenvalue weighted by Crippen LogP contribution is -2.16. The molecule has 0 spiro atoms. The SMILES string of the molecule is COC(=O)C[C@@H](N)c1ccc(O)c(Cl)c1. The highest BCUT2D eigenvalue weighted by Crippen LogP contribution is 2.26. The Kier molecular flexibility index (Phi) is 3.94. The van der Waals surface area contributed by atoms with Crippen LogP contribution in [0.3, 0.4) is 0 Å². The van der Waals surface area contributed by atoms with E-state index in [0.717, 1.165) is 0 Å². The summed E-state index contributed by atoms with van der Waals surface area (Å²) in [5, 5.41) is 9.40. The molecule has 0 saturated heterocycles. The second kappa shape index (κ2) is 5.00. The van der Waals surface area contributed by atoms with E-state index in [-0.39, 0.29) is 23.2 Å². The molecule has 0 amide bonds. The topological polar surface area (TPSA) is 72.5 Å². The van der Waals surface area contributed by atoms with Crippen LogP contribution in [0.4, 0.5) is 0 Å². The molecule has 0 aliphatic carbocycles. The van der Waals surface area contributed by atoms with E-state index >= 15 is 0 Å². The number of hydrogen-bond donors (Lipinski definition) is 2. The number of carbonyl (C=O) groups excluding carboxylic acids is 1. The molecule has 0 unspecified atom stereocenters. The van der Waals surface area contributed by atoms with Crippen molar-refractivity contribution in [3.05, 3.63) is 28.8 Å². The Morgan fingerprint density at radius 2 is 2.33 bits per heavy atom. The zero-order valence-corrected chi connectivity index (χ0v) is 8.99.